The van der Waals surface area contributed by atoms with Gasteiger partial charge in [-0.3, -0.25) is 0 Å². The molecule has 0 radical (unpaired) electrons. The lowest BCUT2D eigenvalue weighted by atomic mass is 9.76. The van der Waals surface area contributed by atoms with Crippen LogP contribution in [-0.2, 0) is 0 Å². The second-order valence-corrected chi connectivity index (χ2v) is 3.96. The molecule has 1 aliphatic rings. The maximum Gasteiger partial charge on any atom is 0.158 e. The fourth-order valence-electron chi connectivity index (χ4n) is 1.99. The number of hydrogen-bond donors (Lipinski definition) is 1. The molecule has 1 rings (SSSR count). The van der Waals surface area contributed by atoms with Crippen molar-refractivity contribution in [2.24, 2.45) is 11.8 Å². The van der Waals surface area contributed by atoms with Crippen molar-refractivity contribution in [2.45, 2.75) is 19.4 Å². The van der Waals surface area contributed by atoms with E-state index in [0.717, 1.165) is 13.1 Å². The van der Waals surface area contributed by atoms with E-state index >= 15 is 0 Å². The van der Waals surface area contributed by atoms with E-state index < -0.39 is 5.60 Å². The maximum absolute atomic E-state index is 9.95. The quantitative estimate of drug-likeness (QED) is 0.534. The number of aliphatic hydroxyl groups is 1. The van der Waals surface area contributed by atoms with E-state index in [-0.39, 0.29) is 11.8 Å². The van der Waals surface area contributed by atoms with E-state index in [1.54, 1.807) is 0 Å². The summed E-state index contributed by atoms with van der Waals surface area (Å²) in [5, 5.41) is 18.8. The van der Waals surface area contributed by atoms with E-state index in [0.29, 0.717) is 0 Å². The molecule has 3 heteroatoms. The highest BCUT2D eigenvalue weighted by molar-refractivity contribution is 5.09. The SMILES string of the molecule is C[C@H]1CN(C)C[C@H](C)C1(O)C#N. The standard InChI is InChI=1S/C9H16N2O/c1-7-4-11(3)5-8(2)9(7,12)6-10/h7-8,12H,4-5H2,1-3H3/t7-,8-/m0/s1. The third-order valence-electron chi connectivity index (χ3n) is 2.85. The zero-order valence-electron chi connectivity index (χ0n) is 7.91. The molecule has 1 N–H and O–H groups in total. The highest BCUT2D eigenvalue weighted by atomic mass is 16.3. The summed E-state index contributed by atoms with van der Waals surface area (Å²) in [6.45, 7) is 5.45. The van der Waals surface area contributed by atoms with Gasteiger partial charge in [0, 0.05) is 24.9 Å². The first kappa shape index (κ1) is 9.50. The second-order valence-electron chi connectivity index (χ2n) is 3.96. The summed E-state index contributed by atoms with van der Waals surface area (Å²) in [6, 6.07) is 2.03. The average molecular weight is 168 g/mol. The minimum absolute atomic E-state index is 0.0382. The van der Waals surface area contributed by atoms with E-state index in [2.05, 4.69) is 4.90 Å². The summed E-state index contributed by atoms with van der Waals surface area (Å²) >= 11 is 0. The van der Waals surface area contributed by atoms with Crippen molar-refractivity contribution < 1.29 is 5.11 Å². The van der Waals surface area contributed by atoms with Gasteiger partial charge in [-0.1, -0.05) is 13.8 Å². The number of nitrogens with zero attached hydrogens (tertiary/aromatic N) is 2. The van der Waals surface area contributed by atoms with Crippen molar-refractivity contribution in [3.05, 3.63) is 0 Å². The van der Waals surface area contributed by atoms with Gasteiger partial charge >= 0.3 is 0 Å². The highest BCUT2D eigenvalue weighted by Crippen LogP contribution is 2.31. The van der Waals surface area contributed by atoms with Crippen LogP contribution in [0.1, 0.15) is 13.8 Å². The summed E-state index contributed by atoms with van der Waals surface area (Å²) in [6.07, 6.45) is 0. The van der Waals surface area contributed by atoms with E-state index in [1.165, 1.54) is 0 Å². The van der Waals surface area contributed by atoms with Gasteiger partial charge in [0.2, 0.25) is 0 Å². The summed E-state index contributed by atoms with van der Waals surface area (Å²) in [5.41, 5.74) is -1.12. The predicted octanol–water partition coefficient (Wildman–Crippen LogP) is 0.459. The first-order valence-corrected chi connectivity index (χ1v) is 4.33. The summed E-state index contributed by atoms with van der Waals surface area (Å²) in [5.74, 6) is 0.0764. The number of nitriles is 1. The molecular formula is C9H16N2O. The van der Waals surface area contributed by atoms with Gasteiger partial charge in [0.1, 0.15) is 0 Å². The summed E-state index contributed by atoms with van der Waals surface area (Å²) < 4.78 is 0. The molecule has 0 aromatic heterocycles. The number of likely N-dealkylation sites (tertiary alicyclic amines) is 1. The van der Waals surface area contributed by atoms with Crippen molar-refractivity contribution in [1.82, 2.24) is 4.90 Å². The van der Waals surface area contributed by atoms with Crippen LogP contribution in [0.4, 0.5) is 0 Å². The molecule has 3 nitrogen and oxygen atoms in total. The van der Waals surface area contributed by atoms with Crippen LogP contribution in [0, 0.1) is 23.2 Å². The molecule has 0 bridgehead atoms. The molecule has 0 unspecified atom stereocenters. The van der Waals surface area contributed by atoms with Crippen molar-refractivity contribution in [1.29, 1.82) is 5.26 Å². The average Bonchev–Trinajstić information content (AvgIpc) is 2.00. The van der Waals surface area contributed by atoms with Crippen molar-refractivity contribution >= 4 is 0 Å². The Morgan fingerprint density at radius 3 is 2.17 bits per heavy atom. The number of rotatable bonds is 0. The molecule has 1 heterocycles. The topological polar surface area (TPSA) is 47.3 Å². The maximum atomic E-state index is 9.95. The third kappa shape index (κ3) is 1.33. The van der Waals surface area contributed by atoms with Crippen LogP contribution in [0.15, 0.2) is 0 Å². The molecule has 1 aliphatic heterocycles. The van der Waals surface area contributed by atoms with Crippen LogP contribution in [0.2, 0.25) is 0 Å². The van der Waals surface area contributed by atoms with Crippen LogP contribution in [0.3, 0.4) is 0 Å². The molecule has 12 heavy (non-hydrogen) atoms. The molecule has 0 amide bonds. The van der Waals surface area contributed by atoms with Crippen LogP contribution in [0.5, 0.6) is 0 Å². The van der Waals surface area contributed by atoms with Gasteiger partial charge in [-0.05, 0) is 7.05 Å². The van der Waals surface area contributed by atoms with Gasteiger partial charge in [-0.15, -0.1) is 0 Å². The molecule has 0 aliphatic carbocycles. The van der Waals surface area contributed by atoms with Gasteiger partial charge < -0.3 is 10.0 Å². The first-order chi connectivity index (χ1) is 5.50. The molecular weight excluding hydrogens is 152 g/mol. The first-order valence-electron chi connectivity index (χ1n) is 4.33. The lowest BCUT2D eigenvalue weighted by Gasteiger charge is -2.42. The largest absolute Gasteiger partial charge is 0.375 e. The van der Waals surface area contributed by atoms with Gasteiger partial charge in [0.15, 0.2) is 5.60 Å². The fraction of sp³-hybridized carbons (Fsp3) is 0.889. The zero-order valence-corrected chi connectivity index (χ0v) is 7.91. The van der Waals surface area contributed by atoms with Crippen LogP contribution in [0.25, 0.3) is 0 Å². The molecule has 1 saturated heterocycles. The van der Waals surface area contributed by atoms with Crippen LogP contribution in [-0.4, -0.2) is 35.7 Å². The smallest absolute Gasteiger partial charge is 0.158 e. The fourth-order valence-corrected chi connectivity index (χ4v) is 1.99. The Morgan fingerprint density at radius 1 is 1.42 bits per heavy atom. The minimum atomic E-state index is -1.12. The highest BCUT2D eigenvalue weighted by Gasteiger charge is 2.43. The van der Waals surface area contributed by atoms with Crippen molar-refractivity contribution in [2.75, 3.05) is 20.1 Å². The lowest BCUT2D eigenvalue weighted by molar-refractivity contribution is -0.0569. The summed E-state index contributed by atoms with van der Waals surface area (Å²) in [7, 11) is 2.02. The number of hydrogen-bond acceptors (Lipinski definition) is 3. The van der Waals surface area contributed by atoms with Crippen molar-refractivity contribution in [3.8, 4) is 6.07 Å². The molecule has 0 aromatic carbocycles. The molecule has 2 atom stereocenters. The second kappa shape index (κ2) is 3.04. The molecule has 0 spiro atoms. The zero-order chi connectivity index (χ0) is 9.35. The van der Waals surface area contributed by atoms with Crippen molar-refractivity contribution in [3.63, 3.8) is 0 Å². The molecule has 0 saturated carbocycles. The van der Waals surface area contributed by atoms with E-state index in [1.807, 2.05) is 27.0 Å². The van der Waals surface area contributed by atoms with Crippen LogP contribution >= 0.6 is 0 Å². The lowest BCUT2D eigenvalue weighted by Crippen LogP contribution is -2.54. The molecule has 0 aromatic rings. The van der Waals surface area contributed by atoms with Gasteiger partial charge in [0.05, 0.1) is 6.07 Å². The Morgan fingerprint density at radius 2 is 1.83 bits per heavy atom. The minimum Gasteiger partial charge on any atom is -0.375 e. The monoisotopic (exact) mass is 168 g/mol. The normalized spacial score (nSPS) is 35.9. The van der Waals surface area contributed by atoms with Gasteiger partial charge in [0.25, 0.3) is 0 Å². The van der Waals surface area contributed by atoms with E-state index in [9.17, 15) is 5.11 Å². The Kier molecular flexibility index (Phi) is 2.41. The molecule has 1 fully saturated rings. The summed E-state index contributed by atoms with van der Waals surface area (Å²) in [4.78, 5) is 2.15. The third-order valence-corrected chi connectivity index (χ3v) is 2.85. The molecule has 68 valence electrons. The van der Waals surface area contributed by atoms with Gasteiger partial charge in [-0.25, -0.2) is 0 Å². The van der Waals surface area contributed by atoms with E-state index in [4.69, 9.17) is 5.26 Å². The predicted molar refractivity (Wildman–Crippen MR) is 46.4 cm³/mol. The van der Waals surface area contributed by atoms with Gasteiger partial charge in [-0.2, -0.15) is 5.26 Å². The Labute approximate surface area is 73.6 Å². The van der Waals surface area contributed by atoms with Crippen LogP contribution < -0.4 is 0 Å². The Balaban J connectivity index is 2.82. The number of piperidine rings is 1. The Bertz CT molecular complexity index is 197. The Hall–Kier alpha value is -0.590.